The normalized spacial score (nSPS) is 19.7. The second-order valence-electron chi connectivity index (χ2n) is 12.6. The Balaban J connectivity index is 1.55. The number of hydrogen-bond acceptors (Lipinski definition) is 7. The molecule has 0 aromatic heterocycles. The SMILES string of the molecule is CCCN(c1cc(-c2ccc(CN3CCOCC3)cc2)cc(C(=O)OC)c1C)[C@H]1CC[C@H](NC(=O)OC(C)(C)C)CC1. The van der Waals surface area contributed by atoms with Crippen LogP contribution in [0.25, 0.3) is 11.1 Å². The van der Waals surface area contributed by atoms with Crippen molar-refractivity contribution < 1.29 is 23.8 Å². The number of carbonyl (C=O) groups is 2. The largest absolute Gasteiger partial charge is 0.465 e. The second-order valence-corrected chi connectivity index (χ2v) is 12.6. The lowest BCUT2D eigenvalue weighted by Gasteiger charge is -2.39. The third kappa shape index (κ3) is 8.48. The van der Waals surface area contributed by atoms with Crippen LogP contribution in [-0.4, -0.2) is 74.6 Å². The lowest BCUT2D eigenvalue weighted by atomic mass is 9.88. The van der Waals surface area contributed by atoms with Crippen molar-refractivity contribution >= 4 is 17.7 Å². The van der Waals surface area contributed by atoms with Crippen LogP contribution < -0.4 is 10.2 Å². The van der Waals surface area contributed by atoms with Crippen LogP contribution in [0.3, 0.4) is 0 Å². The number of nitrogens with one attached hydrogen (secondary N) is 1. The van der Waals surface area contributed by atoms with Crippen LogP contribution in [0.2, 0.25) is 0 Å². The predicted molar refractivity (Wildman–Crippen MR) is 167 cm³/mol. The minimum atomic E-state index is -0.512. The molecule has 0 bridgehead atoms. The van der Waals surface area contributed by atoms with Gasteiger partial charge in [-0.1, -0.05) is 31.2 Å². The summed E-state index contributed by atoms with van der Waals surface area (Å²) >= 11 is 0. The van der Waals surface area contributed by atoms with E-state index in [-0.39, 0.29) is 18.1 Å². The molecule has 1 saturated heterocycles. The summed E-state index contributed by atoms with van der Waals surface area (Å²) in [5.74, 6) is -0.318. The van der Waals surface area contributed by atoms with Crippen molar-refractivity contribution in [3.63, 3.8) is 0 Å². The number of esters is 1. The van der Waals surface area contributed by atoms with Crippen LogP contribution in [0.5, 0.6) is 0 Å². The van der Waals surface area contributed by atoms with Crippen LogP contribution in [0.15, 0.2) is 36.4 Å². The van der Waals surface area contributed by atoms with Gasteiger partial charge in [-0.25, -0.2) is 9.59 Å². The standard InChI is InChI=1S/C34H49N3O5/c1-7-16-37(29-14-12-28(13-15-29)35-33(39)42-34(3,4)5)31-22-27(21-30(24(31)2)32(38)40-6)26-10-8-25(9-11-26)23-36-17-19-41-20-18-36/h8-11,21-22,28-29H,7,12-20,23H2,1-6H3,(H,35,39)/t28-,29-. The van der Waals surface area contributed by atoms with Gasteiger partial charge in [-0.3, -0.25) is 4.90 Å². The molecule has 1 amide bonds. The van der Waals surface area contributed by atoms with Gasteiger partial charge in [0, 0.05) is 44.0 Å². The van der Waals surface area contributed by atoms with E-state index < -0.39 is 5.60 Å². The maximum absolute atomic E-state index is 12.9. The molecule has 8 nitrogen and oxygen atoms in total. The average Bonchev–Trinajstić information content (AvgIpc) is 2.96. The maximum Gasteiger partial charge on any atom is 0.407 e. The smallest absolute Gasteiger partial charge is 0.407 e. The number of carbonyl (C=O) groups excluding carboxylic acids is 2. The first kappa shape index (κ1) is 31.8. The monoisotopic (exact) mass is 579 g/mol. The van der Waals surface area contributed by atoms with Crippen molar-refractivity contribution in [2.75, 3.05) is 44.9 Å². The Labute approximate surface area is 251 Å². The Morgan fingerprint density at radius 3 is 2.29 bits per heavy atom. The van der Waals surface area contributed by atoms with Gasteiger partial charge in [-0.05, 0) is 94.2 Å². The Morgan fingerprint density at radius 2 is 1.69 bits per heavy atom. The molecule has 0 radical (unpaired) electrons. The lowest BCUT2D eigenvalue weighted by molar-refractivity contribution is 0.0342. The van der Waals surface area contributed by atoms with E-state index in [1.807, 2.05) is 33.8 Å². The van der Waals surface area contributed by atoms with Crippen molar-refractivity contribution in [1.82, 2.24) is 10.2 Å². The van der Waals surface area contributed by atoms with E-state index in [2.05, 4.69) is 52.4 Å². The van der Waals surface area contributed by atoms with Gasteiger partial charge in [0.05, 0.1) is 25.9 Å². The van der Waals surface area contributed by atoms with E-state index in [0.717, 1.165) is 93.9 Å². The molecule has 2 aliphatic rings. The molecular formula is C34H49N3O5. The summed E-state index contributed by atoms with van der Waals surface area (Å²) < 4.78 is 16.2. The van der Waals surface area contributed by atoms with Gasteiger partial charge in [0.25, 0.3) is 0 Å². The highest BCUT2D eigenvalue weighted by Gasteiger charge is 2.30. The predicted octanol–water partition coefficient (Wildman–Crippen LogP) is 6.33. The lowest BCUT2D eigenvalue weighted by Crippen LogP contribution is -2.45. The molecule has 1 saturated carbocycles. The van der Waals surface area contributed by atoms with E-state index in [1.165, 1.54) is 12.7 Å². The number of rotatable bonds is 9. The zero-order valence-electron chi connectivity index (χ0n) is 26.3. The van der Waals surface area contributed by atoms with Gasteiger partial charge in [0.1, 0.15) is 5.60 Å². The van der Waals surface area contributed by atoms with Crippen molar-refractivity contribution in [2.45, 2.75) is 91.0 Å². The van der Waals surface area contributed by atoms with Gasteiger partial charge < -0.3 is 24.4 Å². The van der Waals surface area contributed by atoms with Crippen molar-refractivity contribution in [3.8, 4) is 11.1 Å². The highest BCUT2D eigenvalue weighted by Crippen LogP contribution is 2.36. The number of alkyl carbamates (subject to hydrolysis) is 1. The quantitative estimate of drug-likeness (QED) is 0.348. The van der Waals surface area contributed by atoms with Gasteiger partial charge >= 0.3 is 12.1 Å². The number of amides is 1. The first-order chi connectivity index (χ1) is 20.1. The molecule has 0 atom stereocenters. The molecule has 42 heavy (non-hydrogen) atoms. The Bertz CT molecular complexity index is 1190. The molecular weight excluding hydrogens is 530 g/mol. The molecule has 1 heterocycles. The average molecular weight is 580 g/mol. The minimum absolute atomic E-state index is 0.105. The second kappa shape index (κ2) is 14.4. The van der Waals surface area contributed by atoms with Crippen LogP contribution in [0.4, 0.5) is 10.5 Å². The van der Waals surface area contributed by atoms with E-state index in [1.54, 1.807) is 0 Å². The van der Waals surface area contributed by atoms with E-state index >= 15 is 0 Å². The van der Waals surface area contributed by atoms with Crippen LogP contribution in [0, 0.1) is 6.92 Å². The Kier molecular flexibility index (Phi) is 10.9. The third-order valence-electron chi connectivity index (χ3n) is 8.22. The fraction of sp³-hybridized carbons (Fsp3) is 0.588. The maximum atomic E-state index is 12.9. The zero-order chi connectivity index (χ0) is 30.3. The topological polar surface area (TPSA) is 80.3 Å². The van der Waals surface area contributed by atoms with Gasteiger partial charge in [-0.2, -0.15) is 0 Å². The fourth-order valence-electron chi connectivity index (χ4n) is 6.05. The number of nitrogens with zero attached hydrogens (tertiary/aromatic N) is 2. The first-order valence-electron chi connectivity index (χ1n) is 15.5. The summed E-state index contributed by atoms with van der Waals surface area (Å²) in [5.41, 5.74) is 5.47. The van der Waals surface area contributed by atoms with E-state index in [0.29, 0.717) is 11.6 Å². The zero-order valence-corrected chi connectivity index (χ0v) is 26.3. The highest BCUT2D eigenvalue weighted by atomic mass is 16.6. The van der Waals surface area contributed by atoms with Gasteiger partial charge in [0.15, 0.2) is 0 Å². The number of benzene rings is 2. The van der Waals surface area contributed by atoms with E-state index in [9.17, 15) is 9.59 Å². The molecule has 2 fully saturated rings. The Morgan fingerprint density at radius 1 is 1.02 bits per heavy atom. The van der Waals surface area contributed by atoms with Crippen molar-refractivity contribution in [3.05, 3.63) is 53.1 Å². The summed E-state index contributed by atoms with van der Waals surface area (Å²) in [6, 6.07) is 13.3. The molecule has 1 aliphatic heterocycles. The van der Waals surface area contributed by atoms with Crippen LogP contribution >= 0.6 is 0 Å². The summed E-state index contributed by atoms with van der Waals surface area (Å²) in [4.78, 5) is 30.2. The summed E-state index contributed by atoms with van der Waals surface area (Å²) in [6.45, 7) is 15.1. The molecule has 2 aromatic rings. The highest BCUT2D eigenvalue weighted by molar-refractivity contribution is 5.95. The summed E-state index contributed by atoms with van der Waals surface area (Å²) in [5, 5.41) is 3.06. The fourth-order valence-corrected chi connectivity index (χ4v) is 6.05. The molecule has 0 spiro atoms. The number of hydrogen-bond donors (Lipinski definition) is 1. The molecule has 2 aromatic carbocycles. The van der Waals surface area contributed by atoms with Crippen LogP contribution in [-0.2, 0) is 20.8 Å². The van der Waals surface area contributed by atoms with Crippen molar-refractivity contribution in [2.24, 2.45) is 0 Å². The molecule has 8 heteroatoms. The number of methoxy groups -OCH3 is 1. The first-order valence-corrected chi connectivity index (χ1v) is 15.5. The molecule has 230 valence electrons. The number of morpholine rings is 1. The Hall–Kier alpha value is -3.10. The van der Waals surface area contributed by atoms with Gasteiger partial charge in [0.2, 0.25) is 0 Å². The molecule has 4 rings (SSSR count). The molecule has 1 aliphatic carbocycles. The molecule has 0 unspecified atom stereocenters. The van der Waals surface area contributed by atoms with Crippen molar-refractivity contribution in [1.29, 1.82) is 0 Å². The summed E-state index contributed by atoms with van der Waals surface area (Å²) in [7, 11) is 1.44. The van der Waals surface area contributed by atoms with Crippen LogP contribution in [0.1, 0.15) is 81.3 Å². The third-order valence-corrected chi connectivity index (χ3v) is 8.22. The molecule has 1 N–H and O–H groups in total. The van der Waals surface area contributed by atoms with E-state index in [4.69, 9.17) is 14.2 Å². The minimum Gasteiger partial charge on any atom is -0.465 e. The summed E-state index contributed by atoms with van der Waals surface area (Å²) in [6.07, 6.45) is 4.32. The number of ether oxygens (including phenoxy) is 3. The van der Waals surface area contributed by atoms with Gasteiger partial charge in [-0.15, -0.1) is 0 Å². The number of anilines is 1.